The molecule has 60 valence electrons. The number of hydrogen-bond acceptors (Lipinski definition) is 1. The fourth-order valence-corrected chi connectivity index (χ4v) is 1.35. The molecule has 1 aliphatic rings. The van der Waals surface area contributed by atoms with E-state index in [-0.39, 0.29) is 0 Å². The van der Waals surface area contributed by atoms with Gasteiger partial charge >= 0.3 is 0 Å². The van der Waals surface area contributed by atoms with Crippen molar-refractivity contribution in [1.29, 1.82) is 0 Å². The van der Waals surface area contributed by atoms with E-state index in [0.717, 1.165) is 6.54 Å². The zero-order valence-electron chi connectivity index (χ0n) is 7.06. The number of allylic oxidation sites excluding steroid dienone is 4. The first kappa shape index (κ1) is 8.12. The smallest absolute Gasteiger partial charge is 0.0329 e. The first-order chi connectivity index (χ1) is 5.38. The van der Waals surface area contributed by atoms with Gasteiger partial charge in [-0.2, -0.15) is 0 Å². The molecule has 0 spiro atoms. The highest BCUT2D eigenvalue weighted by Crippen LogP contribution is 2.17. The third-order valence-corrected chi connectivity index (χ3v) is 1.89. The lowest BCUT2D eigenvalue weighted by Gasteiger charge is -2.19. The van der Waals surface area contributed by atoms with E-state index in [1.54, 1.807) is 0 Å². The van der Waals surface area contributed by atoms with E-state index in [9.17, 15) is 0 Å². The molecule has 1 nitrogen and oxygen atoms in total. The van der Waals surface area contributed by atoms with Crippen LogP contribution in [0.15, 0.2) is 36.1 Å². The Hall–Kier alpha value is -0.980. The summed E-state index contributed by atoms with van der Waals surface area (Å²) < 4.78 is 0. The lowest BCUT2D eigenvalue weighted by Crippen LogP contribution is -2.21. The third-order valence-electron chi connectivity index (χ3n) is 1.89. The van der Waals surface area contributed by atoms with Crippen molar-refractivity contribution in [2.75, 3.05) is 6.54 Å². The number of piperidine rings is 1. The average molecular weight is 149 g/mol. The van der Waals surface area contributed by atoms with Gasteiger partial charge < -0.3 is 5.32 Å². The molecule has 0 aromatic heterocycles. The van der Waals surface area contributed by atoms with Crippen LogP contribution in [0.2, 0.25) is 0 Å². The fraction of sp³-hybridized carbons (Fsp3) is 0.400. The average Bonchev–Trinajstić information content (AvgIpc) is 2.06. The predicted molar refractivity (Wildman–Crippen MR) is 49.3 cm³/mol. The summed E-state index contributed by atoms with van der Waals surface area (Å²) in [5.41, 5.74) is 2.66. The van der Waals surface area contributed by atoms with Gasteiger partial charge in [-0.25, -0.2) is 0 Å². The topological polar surface area (TPSA) is 12.0 Å². The second kappa shape index (κ2) is 4.02. The molecule has 0 aromatic rings. The van der Waals surface area contributed by atoms with Crippen molar-refractivity contribution in [1.82, 2.24) is 5.32 Å². The van der Waals surface area contributed by atoms with Gasteiger partial charge in [-0.05, 0) is 25.3 Å². The molecule has 0 unspecified atom stereocenters. The van der Waals surface area contributed by atoms with Crippen LogP contribution in [0.5, 0.6) is 0 Å². The van der Waals surface area contributed by atoms with Crippen LogP contribution in [0.3, 0.4) is 0 Å². The lowest BCUT2D eigenvalue weighted by molar-refractivity contribution is 0.668. The minimum Gasteiger partial charge on any atom is -0.385 e. The molecule has 0 amide bonds. The van der Waals surface area contributed by atoms with Crippen LogP contribution >= 0.6 is 0 Å². The Kier molecular flexibility index (Phi) is 2.96. The van der Waals surface area contributed by atoms with Crippen molar-refractivity contribution in [2.24, 2.45) is 0 Å². The van der Waals surface area contributed by atoms with Gasteiger partial charge in [-0.15, -0.1) is 0 Å². The molecule has 0 atom stereocenters. The molecule has 1 rings (SSSR count). The SMILES string of the molecule is C=C/C=C1/CCCN/C1=C/C. The zero-order chi connectivity index (χ0) is 8.10. The van der Waals surface area contributed by atoms with E-state index in [1.165, 1.54) is 24.1 Å². The van der Waals surface area contributed by atoms with E-state index in [4.69, 9.17) is 0 Å². The van der Waals surface area contributed by atoms with Crippen LogP contribution in [0.4, 0.5) is 0 Å². The van der Waals surface area contributed by atoms with Crippen LogP contribution in [0, 0.1) is 0 Å². The Morgan fingerprint density at radius 1 is 1.55 bits per heavy atom. The summed E-state index contributed by atoms with van der Waals surface area (Å²) in [6.07, 6.45) is 8.47. The maximum atomic E-state index is 3.69. The van der Waals surface area contributed by atoms with E-state index in [0.29, 0.717) is 0 Å². The maximum Gasteiger partial charge on any atom is 0.0329 e. The minimum absolute atomic E-state index is 1.11. The highest BCUT2D eigenvalue weighted by Gasteiger charge is 2.07. The Labute approximate surface area is 68.5 Å². The van der Waals surface area contributed by atoms with Crippen molar-refractivity contribution in [3.63, 3.8) is 0 Å². The predicted octanol–water partition coefficient (Wildman–Crippen LogP) is 2.39. The van der Waals surface area contributed by atoms with E-state index in [2.05, 4.69) is 31.0 Å². The summed E-state index contributed by atoms with van der Waals surface area (Å²) in [6.45, 7) is 6.86. The largest absolute Gasteiger partial charge is 0.385 e. The Bertz CT molecular complexity index is 199. The Morgan fingerprint density at radius 3 is 3.00 bits per heavy atom. The van der Waals surface area contributed by atoms with Crippen molar-refractivity contribution in [2.45, 2.75) is 19.8 Å². The summed E-state index contributed by atoms with van der Waals surface area (Å²) in [7, 11) is 0. The fourth-order valence-electron chi connectivity index (χ4n) is 1.35. The summed E-state index contributed by atoms with van der Waals surface area (Å²) in [5, 5.41) is 3.35. The van der Waals surface area contributed by atoms with E-state index >= 15 is 0 Å². The molecule has 1 heteroatoms. The monoisotopic (exact) mass is 149 g/mol. The first-order valence-corrected chi connectivity index (χ1v) is 4.10. The Balaban J connectivity index is 2.74. The van der Waals surface area contributed by atoms with Gasteiger partial charge in [-0.1, -0.05) is 24.8 Å². The summed E-state index contributed by atoms with van der Waals surface area (Å²) in [6, 6.07) is 0. The van der Waals surface area contributed by atoms with Gasteiger partial charge in [0.15, 0.2) is 0 Å². The summed E-state index contributed by atoms with van der Waals surface area (Å²) in [4.78, 5) is 0. The third kappa shape index (κ3) is 1.97. The van der Waals surface area contributed by atoms with Gasteiger partial charge in [0, 0.05) is 12.2 Å². The molecular formula is C10H15N. The van der Waals surface area contributed by atoms with Gasteiger partial charge in [0.05, 0.1) is 0 Å². The summed E-state index contributed by atoms with van der Waals surface area (Å²) in [5.74, 6) is 0. The number of nitrogens with one attached hydrogen (secondary N) is 1. The molecule has 0 bridgehead atoms. The molecule has 0 aliphatic carbocycles. The first-order valence-electron chi connectivity index (χ1n) is 4.10. The van der Waals surface area contributed by atoms with E-state index in [1.807, 2.05) is 6.08 Å². The van der Waals surface area contributed by atoms with Crippen molar-refractivity contribution in [3.8, 4) is 0 Å². The maximum absolute atomic E-state index is 3.69. The van der Waals surface area contributed by atoms with Gasteiger partial charge in [0.2, 0.25) is 0 Å². The Morgan fingerprint density at radius 2 is 2.36 bits per heavy atom. The zero-order valence-corrected chi connectivity index (χ0v) is 7.06. The minimum atomic E-state index is 1.11. The van der Waals surface area contributed by atoms with Crippen LogP contribution in [0.25, 0.3) is 0 Å². The van der Waals surface area contributed by atoms with Crippen LogP contribution in [-0.2, 0) is 0 Å². The molecule has 0 saturated carbocycles. The molecule has 0 radical (unpaired) electrons. The second-order valence-corrected chi connectivity index (χ2v) is 2.66. The molecule has 11 heavy (non-hydrogen) atoms. The molecule has 1 fully saturated rings. The molecule has 1 saturated heterocycles. The van der Waals surface area contributed by atoms with Crippen molar-refractivity contribution >= 4 is 0 Å². The highest BCUT2D eigenvalue weighted by molar-refractivity contribution is 5.33. The quantitative estimate of drug-likeness (QED) is 0.603. The van der Waals surface area contributed by atoms with Crippen molar-refractivity contribution < 1.29 is 0 Å². The molecule has 1 N–H and O–H groups in total. The standard InChI is InChI=1S/C10H15N/c1-3-6-9-7-5-8-11-10(9)4-2/h3-4,6,11H,1,5,7-8H2,2H3/b9-6-,10-4+. The van der Waals surface area contributed by atoms with Gasteiger partial charge in [0.25, 0.3) is 0 Å². The van der Waals surface area contributed by atoms with Crippen LogP contribution in [-0.4, -0.2) is 6.54 Å². The lowest BCUT2D eigenvalue weighted by atomic mass is 10.0. The molecule has 0 aromatic carbocycles. The molecule has 1 heterocycles. The van der Waals surface area contributed by atoms with Crippen LogP contribution < -0.4 is 5.32 Å². The summed E-state index contributed by atoms with van der Waals surface area (Å²) >= 11 is 0. The molecular weight excluding hydrogens is 134 g/mol. The van der Waals surface area contributed by atoms with Gasteiger partial charge in [0.1, 0.15) is 0 Å². The number of hydrogen-bond donors (Lipinski definition) is 1. The number of rotatable bonds is 1. The van der Waals surface area contributed by atoms with Gasteiger partial charge in [-0.3, -0.25) is 0 Å². The normalized spacial score (nSPS) is 25.2. The van der Waals surface area contributed by atoms with Crippen molar-refractivity contribution in [3.05, 3.63) is 36.1 Å². The highest BCUT2D eigenvalue weighted by atomic mass is 14.9. The van der Waals surface area contributed by atoms with E-state index < -0.39 is 0 Å². The van der Waals surface area contributed by atoms with Crippen LogP contribution in [0.1, 0.15) is 19.8 Å². The second-order valence-electron chi connectivity index (χ2n) is 2.66. The molecule has 1 aliphatic heterocycles.